The van der Waals surface area contributed by atoms with Crippen molar-refractivity contribution in [2.75, 3.05) is 26.2 Å². The van der Waals surface area contributed by atoms with E-state index in [0.717, 1.165) is 12.8 Å². The molecular formula is C16H19N3O3. The number of rotatable bonds is 2. The highest BCUT2D eigenvalue weighted by Crippen LogP contribution is 2.61. The topological polar surface area (TPSA) is 73.6 Å². The Labute approximate surface area is 129 Å². The molecule has 5 aliphatic rings. The molecule has 0 aromatic heterocycles. The molecule has 2 amide bonds. The van der Waals surface area contributed by atoms with Gasteiger partial charge in [0.05, 0.1) is 24.8 Å². The van der Waals surface area contributed by atoms with Gasteiger partial charge in [0.15, 0.2) is 0 Å². The average molecular weight is 301 g/mol. The summed E-state index contributed by atoms with van der Waals surface area (Å²) in [5.74, 6) is 0.352. The second kappa shape index (κ2) is 3.83. The number of likely N-dealkylation sites (tertiary alicyclic amines) is 1. The van der Waals surface area contributed by atoms with Crippen LogP contribution >= 0.6 is 0 Å². The minimum Gasteiger partial charge on any atom is -0.374 e. The summed E-state index contributed by atoms with van der Waals surface area (Å²) in [5.41, 5.74) is -0.692. The van der Waals surface area contributed by atoms with E-state index < -0.39 is 5.41 Å². The van der Waals surface area contributed by atoms with E-state index in [1.165, 1.54) is 0 Å². The zero-order valence-electron chi connectivity index (χ0n) is 12.5. The minimum atomic E-state index is -0.721. The summed E-state index contributed by atoms with van der Waals surface area (Å²) < 4.78 is 5.55. The number of carbonyl (C=O) groups is 2. The van der Waals surface area contributed by atoms with Crippen molar-refractivity contribution < 1.29 is 14.3 Å². The fourth-order valence-corrected chi connectivity index (χ4v) is 4.31. The number of nitriles is 1. The zero-order chi connectivity index (χ0) is 15.1. The van der Waals surface area contributed by atoms with Gasteiger partial charge >= 0.3 is 0 Å². The molecule has 3 aliphatic carbocycles. The van der Waals surface area contributed by atoms with Crippen LogP contribution in [0, 0.1) is 28.1 Å². The number of nitrogens with zero attached hydrogens (tertiary/aromatic N) is 3. The van der Waals surface area contributed by atoms with Crippen LogP contribution in [0.15, 0.2) is 0 Å². The summed E-state index contributed by atoms with van der Waals surface area (Å²) in [6, 6.07) is 2.48. The highest BCUT2D eigenvalue weighted by Gasteiger charge is 2.69. The van der Waals surface area contributed by atoms with E-state index in [2.05, 4.69) is 6.07 Å². The van der Waals surface area contributed by atoms with Gasteiger partial charge in [-0.25, -0.2) is 0 Å². The van der Waals surface area contributed by atoms with Crippen LogP contribution < -0.4 is 0 Å². The third kappa shape index (κ3) is 1.58. The summed E-state index contributed by atoms with van der Waals surface area (Å²) in [5, 5.41) is 9.12. The van der Waals surface area contributed by atoms with Crippen molar-refractivity contribution in [3.05, 3.63) is 0 Å². The first-order valence-corrected chi connectivity index (χ1v) is 8.21. The maximum Gasteiger partial charge on any atom is 0.243 e. The van der Waals surface area contributed by atoms with Crippen LogP contribution in [0.3, 0.4) is 0 Å². The number of amides is 2. The third-order valence-electron chi connectivity index (χ3n) is 6.21. The van der Waals surface area contributed by atoms with Crippen LogP contribution in [0.1, 0.15) is 25.7 Å². The number of morpholine rings is 1. The van der Waals surface area contributed by atoms with Gasteiger partial charge in [-0.05, 0) is 25.7 Å². The lowest BCUT2D eigenvalue weighted by Gasteiger charge is -2.42. The van der Waals surface area contributed by atoms with Gasteiger partial charge in [0.1, 0.15) is 5.41 Å². The van der Waals surface area contributed by atoms with Crippen molar-refractivity contribution in [2.24, 2.45) is 16.7 Å². The molecule has 2 saturated heterocycles. The highest BCUT2D eigenvalue weighted by atomic mass is 16.5. The maximum absolute atomic E-state index is 12.7. The predicted octanol–water partition coefficient (Wildman–Crippen LogP) is 0.138. The normalized spacial score (nSPS) is 38.6. The second-order valence-electron chi connectivity index (χ2n) is 7.72. The van der Waals surface area contributed by atoms with Crippen LogP contribution in [0.2, 0.25) is 0 Å². The predicted molar refractivity (Wildman–Crippen MR) is 74.3 cm³/mol. The summed E-state index contributed by atoms with van der Waals surface area (Å²) in [7, 11) is 0. The van der Waals surface area contributed by atoms with E-state index >= 15 is 0 Å². The lowest BCUT2D eigenvalue weighted by Crippen LogP contribution is -2.56. The molecule has 0 aromatic rings. The van der Waals surface area contributed by atoms with Crippen molar-refractivity contribution in [1.29, 1.82) is 5.26 Å². The summed E-state index contributed by atoms with van der Waals surface area (Å²) in [6.45, 7) is 2.71. The van der Waals surface area contributed by atoms with Gasteiger partial charge in [-0.3, -0.25) is 9.59 Å². The van der Waals surface area contributed by atoms with Crippen molar-refractivity contribution >= 4 is 11.8 Å². The lowest BCUT2D eigenvalue weighted by atomic mass is 9.90. The van der Waals surface area contributed by atoms with Gasteiger partial charge in [-0.15, -0.1) is 0 Å². The Morgan fingerprint density at radius 2 is 2.05 bits per heavy atom. The van der Waals surface area contributed by atoms with Crippen LogP contribution in [-0.4, -0.2) is 60.0 Å². The Morgan fingerprint density at radius 3 is 2.73 bits per heavy atom. The molecule has 5 fully saturated rings. The standard InChI is InChI=1S/C16H19N3O3/c17-7-15(1-2-15)14(21)18-8-16(9-18)6-10(16)13(20)19-3-4-22-12-5-11(12)19/h10-12H,1-6,8-9H2. The molecule has 3 saturated carbocycles. The van der Waals surface area contributed by atoms with Crippen molar-refractivity contribution in [2.45, 2.75) is 37.8 Å². The zero-order valence-corrected chi connectivity index (χ0v) is 12.5. The molecule has 116 valence electrons. The molecule has 6 heteroatoms. The molecule has 1 spiro atoms. The Morgan fingerprint density at radius 1 is 1.27 bits per heavy atom. The average Bonchev–Trinajstić information content (AvgIpc) is 3.34. The summed E-state index contributed by atoms with van der Waals surface area (Å²) in [6.07, 6.45) is 3.57. The molecule has 0 bridgehead atoms. The Hall–Kier alpha value is -1.61. The first-order chi connectivity index (χ1) is 10.6. The first-order valence-electron chi connectivity index (χ1n) is 8.21. The molecule has 3 atom stereocenters. The van der Waals surface area contributed by atoms with Gasteiger partial charge in [0, 0.05) is 31.0 Å². The van der Waals surface area contributed by atoms with E-state index in [1.807, 2.05) is 4.90 Å². The fourth-order valence-electron chi connectivity index (χ4n) is 4.31. The van der Waals surface area contributed by atoms with Gasteiger partial charge in [-0.1, -0.05) is 0 Å². The summed E-state index contributed by atoms with van der Waals surface area (Å²) in [4.78, 5) is 28.8. The molecule has 2 heterocycles. The first kappa shape index (κ1) is 12.9. The number of fused-ring (bicyclic) bond motifs is 1. The largest absolute Gasteiger partial charge is 0.374 e. The van der Waals surface area contributed by atoms with Gasteiger partial charge < -0.3 is 14.5 Å². The summed E-state index contributed by atoms with van der Waals surface area (Å²) >= 11 is 0. The molecule has 2 aliphatic heterocycles. The van der Waals surface area contributed by atoms with Crippen LogP contribution in [0.5, 0.6) is 0 Å². The fraction of sp³-hybridized carbons (Fsp3) is 0.812. The quantitative estimate of drug-likeness (QED) is 0.727. The minimum absolute atomic E-state index is 0.00708. The van der Waals surface area contributed by atoms with Crippen molar-refractivity contribution in [3.8, 4) is 6.07 Å². The smallest absolute Gasteiger partial charge is 0.243 e. The number of hydrogen-bond acceptors (Lipinski definition) is 4. The highest BCUT2D eigenvalue weighted by molar-refractivity contribution is 5.90. The monoisotopic (exact) mass is 301 g/mol. The van der Waals surface area contributed by atoms with Gasteiger partial charge in [-0.2, -0.15) is 5.26 Å². The molecule has 3 unspecified atom stereocenters. The lowest BCUT2D eigenvalue weighted by molar-refractivity contribution is -0.147. The number of hydrogen-bond donors (Lipinski definition) is 0. The van der Waals surface area contributed by atoms with Crippen molar-refractivity contribution in [1.82, 2.24) is 9.80 Å². The molecular weight excluding hydrogens is 282 g/mol. The van der Waals surface area contributed by atoms with E-state index in [9.17, 15) is 9.59 Å². The van der Waals surface area contributed by atoms with E-state index in [-0.39, 0.29) is 29.3 Å². The van der Waals surface area contributed by atoms with E-state index in [4.69, 9.17) is 10.00 Å². The molecule has 0 radical (unpaired) electrons. The SMILES string of the molecule is N#CC1(C(=O)N2CC3(CC3C(=O)N3CCOC4CC43)C2)CC1. The van der Waals surface area contributed by atoms with E-state index in [1.54, 1.807) is 4.90 Å². The molecule has 0 aromatic carbocycles. The van der Waals surface area contributed by atoms with Gasteiger partial charge in [0.2, 0.25) is 11.8 Å². The van der Waals surface area contributed by atoms with E-state index in [0.29, 0.717) is 45.1 Å². The van der Waals surface area contributed by atoms with Crippen LogP contribution in [-0.2, 0) is 14.3 Å². The van der Waals surface area contributed by atoms with Crippen LogP contribution in [0.4, 0.5) is 0 Å². The van der Waals surface area contributed by atoms with Crippen LogP contribution in [0.25, 0.3) is 0 Å². The number of ether oxygens (including phenoxy) is 1. The molecule has 0 N–H and O–H groups in total. The van der Waals surface area contributed by atoms with Crippen molar-refractivity contribution in [3.63, 3.8) is 0 Å². The Bertz CT molecular complexity index is 615. The third-order valence-corrected chi connectivity index (χ3v) is 6.21. The molecule has 6 nitrogen and oxygen atoms in total. The second-order valence-corrected chi connectivity index (χ2v) is 7.72. The molecule has 5 rings (SSSR count). The number of carbonyl (C=O) groups excluding carboxylic acids is 2. The Balaban J connectivity index is 1.21. The van der Waals surface area contributed by atoms with Gasteiger partial charge in [0.25, 0.3) is 0 Å². The maximum atomic E-state index is 12.7. The molecule has 22 heavy (non-hydrogen) atoms. The Kier molecular flexibility index (Phi) is 2.24.